The summed E-state index contributed by atoms with van der Waals surface area (Å²) in [5.74, 6) is 0.338. The van der Waals surface area contributed by atoms with Gasteiger partial charge in [0.1, 0.15) is 0 Å². The van der Waals surface area contributed by atoms with Crippen LogP contribution in [0.5, 0.6) is 0 Å². The molecule has 0 saturated carbocycles. The maximum absolute atomic E-state index is 10.9. The number of primary amides is 1. The van der Waals surface area contributed by atoms with Gasteiger partial charge in [-0.15, -0.1) is 0 Å². The van der Waals surface area contributed by atoms with Gasteiger partial charge < -0.3 is 11.1 Å². The van der Waals surface area contributed by atoms with Crippen molar-refractivity contribution in [1.82, 2.24) is 0 Å². The highest BCUT2D eigenvalue weighted by Gasteiger charge is 2.09. The second-order valence-corrected chi connectivity index (χ2v) is 4.47. The maximum Gasteiger partial charge on any atom is 0.248 e. The predicted molar refractivity (Wildman–Crippen MR) is 69.9 cm³/mol. The lowest BCUT2D eigenvalue weighted by Crippen LogP contribution is -2.15. The molecule has 1 aromatic rings. The molecule has 1 aliphatic rings. The van der Waals surface area contributed by atoms with Gasteiger partial charge in [0.25, 0.3) is 0 Å². The molecule has 0 fully saturated rings. The first kappa shape index (κ1) is 11.7. The number of benzene rings is 1. The molecule has 3 N–H and O–H groups in total. The molecule has 3 heteroatoms. The lowest BCUT2D eigenvalue weighted by molar-refractivity contribution is 0.100. The first-order valence-corrected chi connectivity index (χ1v) is 6.04. The fraction of sp³-hybridized carbons (Fsp3) is 0.357. The number of allylic oxidation sites excluding steroid dienone is 2. The van der Waals surface area contributed by atoms with Crippen molar-refractivity contribution in [2.24, 2.45) is 11.7 Å². The van der Waals surface area contributed by atoms with Crippen molar-refractivity contribution >= 4 is 11.6 Å². The Bertz CT molecular complexity index is 409. The second-order valence-electron chi connectivity index (χ2n) is 4.47. The molecule has 0 aromatic heterocycles. The van der Waals surface area contributed by atoms with E-state index in [0.717, 1.165) is 24.6 Å². The average Bonchev–Trinajstić information content (AvgIpc) is 2.38. The van der Waals surface area contributed by atoms with E-state index >= 15 is 0 Å². The number of carbonyl (C=O) groups excluding carboxylic acids is 1. The zero-order valence-corrected chi connectivity index (χ0v) is 9.86. The number of nitrogens with one attached hydrogen (secondary N) is 1. The van der Waals surface area contributed by atoms with Gasteiger partial charge in [-0.05, 0) is 49.4 Å². The van der Waals surface area contributed by atoms with Crippen LogP contribution in [0.1, 0.15) is 29.6 Å². The molecular formula is C14H18N2O. The Labute approximate surface area is 102 Å². The van der Waals surface area contributed by atoms with Gasteiger partial charge in [0.2, 0.25) is 5.91 Å². The van der Waals surface area contributed by atoms with Crippen LogP contribution in [0.15, 0.2) is 36.4 Å². The molecule has 1 aliphatic carbocycles. The molecule has 0 spiro atoms. The van der Waals surface area contributed by atoms with Crippen molar-refractivity contribution in [2.75, 3.05) is 11.9 Å². The maximum atomic E-state index is 10.9. The monoisotopic (exact) mass is 230 g/mol. The zero-order valence-electron chi connectivity index (χ0n) is 9.86. The fourth-order valence-corrected chi connectivity index (χ4v) is 2.06. The molecule has 0 radical (unpaired) electrons. The molecule has 0 heterocycles. The minimum absolute atomic E-state index is 0.381. The Kier molecular flexibility index (Phi) is 3.81. The van der Waals surface area contributed by atoms with Crippen LogP contribution in [0.25, 0.3) is 0 Å². The molecular weight excluding hydrogens is 212 g/mol. The van der Waals surface area contributed by atoms with Gasteiger partial charge in [-0.3, -0.25) is 4.79 Å². The lowest BCUT2D eigenvalue weighted by Gasteiger charge is -2.18. The van der Waals surface area contributed by atoms with E-state index in [4.69, 9.17) is 5.73 Å². The van der Waals surface area contributed by atoms with Crippen molar-refractivity contribution in [3.8, 4) is 0 Å². The number of rotatable bonds is 4. The third-order valence-electron chi connectivity index (χ3n) is 3.14. The van der Waals surface area contributed by atoms with Crippen molar-refractivity contribution in [3.05, 3.63) is 42.0 Å². The van der Waals surface area contributed by atoms with Crippen molar-refractivity contribution < 1.29 is 4.79 Å². The van der Waals surface area contributed by atoms with Crippen molar-refractivity contribution in [2.45, 2.75) is 19.3 Å². The molecule has 0 saturated heterocycles. The Balaban J connectivity index is 1.86. The van der Waals surface area contributed by atoms with E-state index in [1.54, 1.807) is 12.1 Å². The van der Waals surface area contributed by atoms with Crippen LogP contribution in [0, 0.1) is 5.92 Å². The summed E-state index contributed by atoms with van der Waals surface area (Å²) in [6, 6.07) is 7.31. The van der Waals surface area contributed by atoms with Gasteiger partial charge in [0.15, 0.2) is 0 Å². The lowest BCUT2D eigenvalue weighted by atomic mass is 9.94. The van der Waals surface area contributed by atoms with E-state index in [0.29, 0.717) is 5.56 Å². The molecule has 2 rings (SSSR count). The minimum atomic E-state index is -0.381. The summed E-state index contributed by atoms with van der Waals surface area (Å²) in [6.45, 7) is 0.986. The summed E-state index contributed by atoms with van der Waals surface area (Å²) in [5.41, 5.74) is 6.79. The van der Waals surface area contributed by atoms with Gasteiger partial charge >= 0.3 is 0 Å². The quantitative estimate of drug-likeness (QED) is 0.781. The summed E-state index contributed by atoms with van der Waals surface area (Å²) in [5, 5.41) is 3.39. The van der Waals surface area contributed by atoms with Gasteiger partial charge in [-0.1, -0.05) is 12.2 Å². The number of amides is 1. The average molecular weight is 230 g/mol. The van der Waals surface area contributed by atoms with Crippen LogP contribution in [-0.4, -0.2) is 12.5 Å². The summed E-state index contributed by atoms with van der Waals surface area (Å²) in [6.07, 6.45) is 8.10. The number of carbonyl (C=O) groups is 1. The molecule has 1 aromatic carbocycles. The smallest absolute Gasteiger partial charge is 0.248 e. The van der Waals surface area contributed by atoms with Crippen LogP contribution in [0.3, 0.4) is 0 Å². The Morgan fingerprint density at radius 2 is 2.06 bits per heavy atom. The highest BCUT2D eigenvalue weighted by Crippen LogP contribution is 2.19. The molecule has 90 valence electrons. The highest BCUT2D eigenvalue weighted by atomic mass is 16.1. The molecule has 17 heavy (non-hydrogen) atoms. The Morgan fingerprint density at radius 3 is 2.65 bits per heavy atom. The molecule has 1 amide bonds. The first-order chi connectivity index (χ1) is 8.25. The van der Waals surface area contributed by atoms with Crippen molar-refractivity contribution in [3.63, 3.8) is 0 Å². The van der Waals surface area contributed by atoms with E-state index < -0.39 is 0 Å². The van der Waals surface area contributed by atoms with E-state index in [2.05, 4.69) is 17.5 Å². The molecule has 3 nitrogen and oxygen atoms in total. The highest BCUT2D eigenvalue weighted by molar-refractivity contribution is 5.93. The molecule has 1 unspecified atom stereocenters. The SMILES string of the molecule is NC(=O)c1ccc(NCC2CC=CCC2)cc1. The van der Waals surface area contributed by atoms with E-state index in [9.17, 15) is 4.79 Å². The van der Waals surface area contributed by atoms with Crippen LogP contribution in [-0.2, 0) is 0 Å². The van der Waals surface area contributed by atoms with Crippen LogP contribution < -0.4 is 11.1 Å². The topological polar surface area (TPSA) is 55.1 Å². The summed E-state index contributed by atoms with van der Waals surface area (Å²) >= 11 is 0. The summed E-state index contributed by atoms with van der Waals surface area (Å²) < 4.78 is 0. The summed E-state index contributed by atoms with van der Waals surface area (Å²) in [7, 11) is 0. The number of hydrogen-bond donors (Lipinski definition) is 2. The molecule has 1 atom stereocenters. The summed E-state index contributed by atoms with van der Waals surface area (Å²) in [4.78, 5) is 10.9. The van der Waals surface area contributed by atoms with Crippen LogP contribution >= 0.6 is 0 Å². The van der Waals surface area contributed by atoms with Gasteiger partial charge in [0, 0.05) is 17.8 Å². The largest absolute Gasteiger partial charge is 0.385 e. The fourth-order valence-electron chi connectivity index (χ4n) is 2.06. The van der Waals surface area contributed by atoms with E-state index in [-0.39, 0.29) is 5.91 Å². The zero-order chi connectivity index (χ0) is 12.1. The third-order valence-corrected chi connectivity index (χ3v) is 3.14. The standard InChI is InChI=1S/C14H18N2O/c15-14(17)12-6-8-13(9-7-12)16-10-11-4-2-1-3-5-11/h1-2,6-9,11,16H,3-5,10H2,(H2,15,17). The van der Waals surface area contributed by atoms with Crippen molar-refractivity contribution in [1.29, 1.82) is 0 Å². The van der Waals surface area contributed by atoms with Gasteiger partial charge in [-0.25, -0.2) is 0 Å². The molecule has 0 bridgehead atoms. The minimum Gasteiger partial charge on any atom is -0.385 e. The number of hydrogen-bond acceptors (Lipinski definition) is 2. The normalized spacial score (nSPS) is 18.9. The van der Waals surface area contributed by atoms with Gasteiger partial charge in [-0.2, -0.15) is 0 Å². The Morgan fingerprint density at radius 1 is 1.29 bits per heavy atom. The van der Waals surface area contributed by atoms with E-state index in [1.165, 1.54) is 12.8 Å². The Hall–Kier alpha value is -1.77. The first-order valence-electron chi connectivity index (χ1n) is 6.04. The van der Waals surface area contributed by atoms with E-state index in [1.807, 2.05) is 12.1 Å². The number of nitrogens with two attached hydrogens (primary N) is 1. The second kappa shape index (κ2) is 5.53. The molecule has 0 aliphatic heterocycles. The number of anilines is 1. The van der Waals surface area contributed by atoms with Gasteiger partial charge in [0.05, 0.1) is 0 Å². The van der Waals surface area contributed by atoms with Crippen LogP contribution in [0.2, 0.25) is 0 Å². The third kappa shape index (κ3) is 3.34. The predicted octanol–water partition coefficient (Wildman–Crippen LogP) is 2.55. The van der Waals surface area contributed by atoms with Crippen LogP contribution in [0.4, 0.5) is 5.69 Å².